The first-order valence-corrected chi connectivity index (χ1v) is 6.47. The maximum atomic E-state index is 14.2. The maximum absolute atomic E-state index is 14.2. The van der Waals surface area contributed by atoms with E-state index in [1.165, 1.54) is 18.1 Å². The zero-order valence-electron chi connectivity index (χ0n) is 11.2. The van der Waals surface area contributed by atoms with Gasteiger partial charge in [-0.05, 0) is 6.92 Å². The van der Waals surface area contributed by atoms with Gasteiger partial charge in [0.1, 0.15) is 24.4 Å². The number of hydrogen-bond donors (Lipinski definition) is 4. The summed E-state index contributed by atoms with van der Waals surface area (Å²) in [5.74, 6) is -0.609. The molecule has 1 fully saturated rings. The second kappa shape index (κ2) is 4.61. The Bertz CT molecular complexity index is 529. The van der Waals surface area contributed by atoms with E-state index in [4.69, 9.17) is 15.6 Å². The number of halogens is 1. The average Bonchev–Trinajstić information content (AvgIpc) is 2.91. The Morgan fingerprint density at radius 3 is 3.00 bits per heavy atom. The molecule has 6 atom stereocenters. The first kappa shape index (κ1) is 14.2. The van der Waals surface area contributed by atoms with Gasteiger partial charge in [-0.1, -0.05) is 0 Å². The van der Waals surface area contributed by atoms with Gasteiger partial charge in [-0.3, -0.25) is 15.1 Å². The lowest BCUT2D eigenvalue weighted by Crippen LogP contribution is -2.63. The van der Waals surface area contributed by atoms with Crippen molar-refractivity contribution in [2.75, 3.05) is 6.61 Å². The fraction of sp³-hybridized carbons (Fsp3) is 0.727. The van der Waals surface area contributed by atoms with Gasteiger partial charge in [-0.2, -0.15) is 0 Å². The Labute approximate surface area is 119 Å². The molecule has 1 amide bonds. The predicted octanol–water partition coefficient (Wildman–Crippen LogP) is -2.72. The van der Waals surface area contributed by atoms with Gasteiger partial charge in [-0.15, -0.1) is 5.10 Å². The van der Waals surface area contributed by atoms with E-state index < -0.39 is 48.7 Å². The van der Waals surface area contributed by atoms with Gasteiger partial charge >= 0.3 is 0 Å². The normalized spacial score (nSPS) is 45.5. The van der Waals surface area contributed by atoms with Crippen LogP contribution in [0.1, 0.15) is 6.92 Å². The van der Waals surface area contributed by atoms with Crippen molar-refractivity contribution in [2.24, 2.45) is 15.8 Å². The molecule has 0 aromatic carbocycles. The number of aliphatic hydroxyl groups excluding tert-OH is 2. The number of aliphatic hydroxyl groups is 2. The van der Waals surface area contributed by atoms with Crippen LogP contribution in [-0.4, -0.2) is 76.1 Å². The average molecular weight is 301 g/mol. The summed E-state index contributed by atoms with van der Waals surface area (Å²) < 4.78 is 19.5. The maximum Gasteiger partial charge on any atom is 0.276 e. The number of amides is 1. The molecule has 0 spiro atoms. The zero-order valence-corrected chi connectivity index (χ0v) is 11.2. The number of nitrogens with zero attached hydrogens (tertiary/aromatic N) is 3. The number of nitrogens with two attached hydrogens (primary N) is 1. The van der Waals surface area contributed by atoms with Crippen LogP contribution in [0.5, 0.6) is 0 Å². The highest BCUT2D eigenvalue weighted by atomic mass is 19.1. The molecule has 0 radical (unpaired) electrons. The summed E-state index contributed by atoms with van der Waals surface area (Å²) >= 11 is 0. The lowest BCUT2D eigenvalue weighted by Gasteiger charge is -2.38. The molecule has 5 N–H and O–H groups in total. The van der Waals surface area contributed by atoms with Gasteiger partial charge in [0.25, 0.3) is 5.91 Å². The molecule has 3 aliphatic rings. The number of guanidine groups is 1. The summed E-state index contributed by atoms with van der Waals surface area (Å²) in [4.78, 5) is 16.1. The molecule has 0 aliphatic carbocycles. The Morgan fingerprint density at radius 2 is 2.38 bits per heavy atom. The third-order valence-corrected chi connectivity index (χ3v) is 3.96. The quantitative estimate of drug-likeness (QED) is 0.438. The molecular formula is C11H16FN5O4. The van der Waals surface area contributed by atoms with Crippen molar-refractivity contribution in [2.45, 2.75) is 43.1 Å². The van der Waals surface area contributed by atoms with Gasteiger partial charge in [0.2, 0.25) is 11.6 Å². The number of nitrogens with one attached hydrogen (secondary N) is 1. The number of aliphatic imine (C=N–C) groups is 1. The van der Waals surface area contributed by atoms with Crippen molar-refractivity contribution in [3.8, 4) is 0 Å². The summed E-state index contributed by atoms with van der Waals surface area (Å²) in [5, 5.41) is 26.4. The molecule has 1 saturated heterocycles. The second-order valence-electron chi connectivity index (χ2n) is 5.33. The van der Waals surface area contributed by atoms with Crippen LogP contribution in [-0.2, 0) is 9.53 Å². The van der Waals surface area contributed by atoms with Crippen LogP contribution in [0.4, 0.5) is 4.39 Å². The molecule has 0 aromatic rings. The Balaban J connectivity index is 1.90. The number of fused-ring (bicyclic) bond motifs is 1. The van der Waals surface area contributed by atoms with Gasteiger partial charge in [-0.25, -0.2) is 9.40 Å². The molecule has 10 heteroatoms. The van der Waals surface area contributed by atoms with E-state index in [1.54, 1.807) is 0 Å². The van der Waals surface area contributed by atoms with Crippen molar-refractivity contribution in [3.05, 3.63) is 0 Å². The number of alkyl halides is 1. The fourth-order valence-corrected chi connectivity index (χ4v) is 2.74. The van der Waals surface area contributed by atoms with Crippen LogP contribution in [0.25, 0.3) is 0 Å². The van der Waals surface area contributed by atoms with Crippen LogP contribution in [0.2, 0.25) is 0 Å². The van der Waals surface area contributed by atoms with Crippen molar-refractivity contribution in [3.63, 3.8) is 0 Å². The predicted molar refractivity (Wildman–Crippen MR) is 68.9 cm³/mol. The highest BCUT2D eigenvalue weighted by molar-refractivity contribution is 6.03. The summed E-state index contributed by atoms with van der Waals surface area (Å²) in [7, 11) is 0. The van der Waals surface area contributed by atoms with E-state index in [0.717, 1.165) is 0 Å². The van der Waals surface area contributed by atoms with E-state index in [1.807, 2.05) is 0 Å². The summed E-state index contributed by atoms with van der Waals surface area (Å²) in [6.45, 7) is 1.00. The zero-order chi connectivity index (χ0) is 15.4. The minimum atomic E-state index is -1.73. The molecule has 9 nitrogen and oxygen atoms in total. The molecule has 3 aliphatic heterocycles. The summed E-state index contributed by atoms with van der Waals surface area (Å²) in [5.41, 5.74) is 4.18. The van der Waals surface area contributed by atoms with Crippen molar-refractivity contribution in [1.29, 1.82) is 0 Å². The topological polar surface area (TPSA) is 133 Å². The Hall–Kier alpha value is -1.78. The highest BCUT2D eigenvalue weighted by Gasteiger charge is 2.56. The standard InChI is InChI=1S/C11H16FN5O4/c1-11-9(20)15-10(13)16-17(11)4(2-14-11)8-6(12)7(19)5(3-18)21-8/h2,4-8,18-19H,3H2,1H3,(H3,13,15,16,20). The van der Waals surface area contributed by atoms with Crippen molar-refractivity contribution in [1.82, 2.24) is 10.3 Å². The van der Waals surface area contributed by atoms with E-state index in [2.05, 4.69) is 15.4 Å². The van der Waals surface area contributed by atoms with Crippen molar-refractivity contribution >= 4 is 18.1 Å². The largest absolute Gasteiger partial charge is 0.394 e. The van der Waals surface area contributed by atoms with Crippen LogP contribution in [0.15, 0.2) is 10.1 Å². The number of carbonyl (C=O) groups excluding carboxylic acids is 1. The Kier molecular flexibility index (Phi) is 3.11. The number of rotatable bonds is 2. The van der Waals surface area contributed by atoms with Gasteiger partial charge in [0, 0.05) is 6.21 Å². The molecule has 6 unspecified atom stereocenters. The number of hydrazone groups is 1. The lowest BCUT2D eigenvalue weighted by atomic mass is 10.0. The fourth-order valence-electron chi connectivity index (χ4n) is 2.74. The van der Waals surface area contributed by atoms with Crippen LogP contribution in [0, 0.1) is 0 Å². The minimum Gasteiger partial charge on any atom is -0.394 e. The van der Waals surface area contributed by atoms with Crippen LogP contribution < -0.4 is 11.1 Å². The highest BCUT2D eigenvalue weighted by Crippen LogP contribution is 2.35. The third kappa shape index (κ3) is 1.90. The van der Waals surface area contributed by atoms with E-state index in [0.29, 0.717) is 0 Å². The van der Waals surface area contributed by atoms with E-state index in [9.17, 15) is 14.3 Å². The van der Waals surface area contributed by atoms with Crippen LogP contribution in [0.3, 0.4) is 0 Å². The molecule has 0 saturated carbocycles. The molecule has 0 aromatic heterocycles. The van der Waals surface area contributed by atoms with Gasteiger partial charge in [0.05, 0.1) is 6.61 Å². The van der Waals surface area contributed by atoms with Gasteiger partial charge in [0.15, 0.2) is 6.17 Å². The first-order valence-electron chi connectivity index (χ1n) is 6.47. The minimum absolute atomic E-state index is 0.124. The molecule has 116 valence electrons. The molecule has 3 heterocycles. The lowest BCUT2D eigenvalue weighted by molar-refractivity contribution is -0.134. The monoisotopic (exact) mass is 301 g/mol. The van der Waals surface area contributed by atoms with E-state index >= 15 is 0 Å². The molecular weight excluding hydrogens is 285 g/mol. The number of carbonyl (C=O) groups is 1. The van der Waals surface area contributed by atoms with E-state index in [-0.39, 0.29) is 5.96 Å². The summed E-state index contributed by atoms with van der Waals surface area (Å²) in [6, 6.07) is -0.805. The van der Waals surface area contributed by atoms with Gasteiger partial charge < -0.3 is 20.7 Å². The number of hydrogen-bond acceptors (Lipinski definition) is 8. The first-order chi connectivity index (χ1) is 9.88. The molecule has 3 rings (SSSR count). The molecule has 21 heavy (non-hydrogen) atoms. The second-order valence-corrected chi connectivity index (χ2v) is 5.33. The molecule has 0 bridgehead atoms. The SMILES string of the molecule is CC12N=CC(C3OC(CO)C(O)C3F)N1N=C(N)NC2=O. The smallest absolute Gasteiger partial charge is 0.276 e. The van der Waals surface area contributed by atoms with Crippen LogP contribution >= 0.6 is 0 Å². The van der Waals surface area contributed by atoms with Crippen molar-refractivity contribution < 1.29 is 24.1 Å². The summed E-state index contributed by atoms with van der Waals surface area (Å²) in [6.07, 6.45) is -3.95. The Morgan fingerprint density at radius 1 is 1.67 bits per heavy atom. The third-order valence-electron chi connectivity index (χ3n) is 3.96. The number of ether oxygens (including phenoxy) is 1.